The minimum atomic E-state index is -0.657. The summed E-state index contributed by atoms with van der Waals surface area (Å²) in [5.74, 6) is -0.829. The van der Waals surface area contributed by atoms with Crippen molar-refractivity contribution in [1.29, 1.82) is 0 Å². The maximum atomic E-state index is 12.9. The average Bonchev–Trinajstić information content (AvgIpc) is 3.11. The van der Waals surface area contributed by atoms with Gasteiger partial charge in [-0.15, -0.1) is 0 Å². The molecule has 0 aliphatic rings. The topological polar surface area (TPSA) is 245 Å². The van der Waals surface area contributed by atoms with Crippen molar-refractivity contribution in [2.45, 2.75) is 102 Å². The second kappa shape index (κ2) is 26.6. The van der Waals surface area contributed by atoms with Crippen molar-refractivity contribution in [3.05, 3.63) is 71.8 Å². The Kier molecular flexibility index (Phi) is 22.0. The van der Waals surface area contributed by atoms with Crippen LogP contribution in [-0.2, 0) is 32.0 Å². The molecule has 2 aromatic rings. The van der Waals surface area contributed by atoms with E-state index in [1.165, 1.54) is 0 Å². The molecule has 52 heavy (non-hydrogen) atoms. The molecule has 2 atom stereocenters. The summed E-state index contributed by atoms with van der Waals surface area (Å²) in [7, 11) is 0. The number of unbranched alkanes of at least 4 members (excludes halogenated alkanes) is 7. The lowest BCUT2D eigenvalue weighted by Gasteiger charge is -2.18. The zero-order valence-electron chi connectivity index (χ0n) is 30.5. The first-order chi connectivity index (χ1) is 25.1. The van der Waals surface area contributed by atoms with Gasteiger partial charge in [-0.1, -0.05) is 99.2 Å². The van der Waals surface area contributed by atoms with Crippen LogP contribution < -0.4 is 44.2 Å². The minimum Gasteiger partial charge on any atom is -0.370 e. The van der Waals surface area contributed by atoms with Gasteiger partial charge in [-0.2, -0.15) is 0 Å². The van der Waals surface area contributed by atoms with Gasteiger partial charge >= 0.3 is 0 Å². The molecule has 0 fully saturated rings. The number of benzene rings is 2. The van der Waals surface area contributed by atoms with Gasteiger partial charge < -0.3 is 44.2 Å². The van der Waals surface area contributed by atoms with Crippen LogP contribution in [0.1, 0.15) is 88.2 Å². The van der Waals surface area contributed by atoms with E-state index in [0.717, 1.165) is 62.5 Å². The van der Waals surface area contributed by atoms with Crippen LogP contribution in [0, 0.1) is 0 Å². The molecule has 0 saturated heterocycles. The summed E-state index contributed by atoms with van der Waals surface area (Å²) in [5, 5.41) is 11.7. The van der Waals surface area contributed by atoms with E-state index in [9.17, 15) is 19.2 Å². The highest BCUT2D eigenvalue weighted by Gasteiger charge is 2.21. The summed E-state index contributed by atoms with van der Waals surface area (Å²) in [6.07, 6.45) is 10.4. The van der Waals surface area contributed by atoms with Crippen molar-refractivity contribution in [3.63, 3.8) is 0 Å². The lowest BCUT2D eigenvalue weighted by atomic mass is 10.1. The van der Waals surface area contributed by atoms with E-state index in [-0.39, 0.29) is 48.4 Å². The molecule has 14 heteroatoms. The number of nitrogens with two attached hydrogens (primary N) is 4. The van der Waals surface area contributed by atoms with Gasteiger partial charge in [0, 0.05) is 26.2 Å². The Morgan fingerprint density at radius 1 is 0.500 bits per heavy atom. The molecule has 0 saturated carbocycles. The van der Waals surface area contributed by atoms with Crippen LogP contribution in [-0.4, -0.2) is 73.8 Å². The smallest absolute Gasteiger partial charge is 0.242 e. The highest BCUT2D eigenvalue weighted by molar-refractivity contribution is 5.89. The van der Waals surface area contributed by atoms with Gasteiger partial charge in [0.15, 0.2) is 11.9 Å². The maximum Gasteiger partial charge on any atom is 0.242 e. The number of nitrogens with zero attached hydrogens (tertiary/aromatic N) is 2. The number of amides is 4. The number of hydrogen-bond acceptors (Lipinski definition) is 6. The van der Waals surface area contributed by atoms with E-state index in [1.807, 2.05) is 60.7 Å². The molecule has 0 spiro atoms. The molecule has 14 nitrogen and oxygen atoms in total. The number of hydrogen-bond donors (Lipinski definition) is 8. The number of nitrogens with one attached hydrogen (secondary N) is 4. The fraction of sp³-hybridized carbons (Fsp3) is 0.526. The lowest BCUT2D eigenvalue weighted by Crippen LogP contribution is -2.47. The summed E-state index contributed by atoms with van der Waals surface area (Å²) in [6.45, 7) is 1.85. The molecule has 12 N–H and O–H groups in total. The Morgan fingerprint density at radius 3 is 1.19 bits per heavy atom. The molecule has 0 aliphatic heterocycles. The molecule has 286 valence electrons. The van der Waals surface area contributed by atoms with Crippen molar-refractivity contribution in [2.75, 3.05) is 26.2 Å². The van der Waals surface area contributed by atoms with Crippen LogP contribution in [0.25, 0.3) is 0 Å². The fourth-order valence-electron chi connectivity index (χ4n) is 5.58. The molecule has 2 aromatic carbocycles. The fourth-order valence-corrected chi connectivity index (χ4v) is 5.58. The standard InChI is InChI=1S/C38H60N10O4/c39-37(40)45-25-15-21-31(47-33(49)27-29-17-9-7-10-18-29)35(51)43-23-13-5-3-1-2-4-6-14-24-44-36(52)32(22-16-26-46-38(41)42)48-34(50)28-30-19-11-8-12-20-30/h7-12,17-20,31-32H,1-6,13-16,21-28H2,(H,43,51)(H,44,52)(H,47,49)(H,48,50)(H4,39,40,45)(H4,41,42,46)/t31-,32-/m0/s1. The number of carbonyl (C=O) groups is 4. The Hall–Kier alpha value is -5.14. The van der Waals surface area contributed by atoms with Crippen LogP contribution in [0.4, 0.5) is 0 Å². The van der Waals surface area contributed by atoms with E-state index in [4.69, 9.17) is 22.9 Å². The monoisotopic (exact) mass is 720 g/mol. The molecule has 0 bridgehead atoms. The Morgan fingerprint density at radius 2 is 0.846 bits per heavy atom. The second-order valence-electron chi connectivity index (χ2n) is 12.9. The highest BCUT2D eigenvalue weighted by atomic mass is 16.2. The van der Waals surface area contributed by atoms with Crippen molar-refractivity contribution >= 4 is 35.5 Å². The first-order valence-electron chi connectivity index (χ1n) is 18.5. The van der Waals surface area contributed by atoms with Gasteiger partial charge in [-0.25, -0.2) is 0 Å². The first kappa shape index (κ1) is 43.0. The highest BCUT2D eigenvalue weighted by Crippen LogP contribution is 2.09. The summed E-state index contributed by atoms with van der Waals surface area (Å²) in [6, 6.07) is 17.5. The summed E-state index contributed by atoms with van der Waals surface area (Å²) in [4.78, 5) is 59.1. The molecule has 0 radical (unpaired) electrons. The van der Waals surface area contributed by atoms with Crippen LogP contribution in [0.3, 0.4) is 0 Å². The average molecular weight is 721 g/mol. The zero-order chi connectivity index (χ0) is 37.8. The van der Waals surface area contributed by atoms with E-state index in [2.05, 4.69) is 31.3 Å². The molecular weight excluding hydrogens is 660 g/mol. The van der Waals surface area contributed by atoms with Gasteiger partial charge in [0.1, 0.15) is 12.1 Å². The summed E-state index contributed by atoms with van der Waals surface area (Å²) >= 11 is 0. The molecule has 0 heterocycles. The van der Waals surface area contributed by atoms with Crippen LogP contribution in [0.5, 0.6) is 0 Å². The third kappa shape index (κ3) is 21.2. The van der Waals surface area contributed by atoms with Gasteiger partial charge in [0.05, 0.1) is 12.8 Å². The number of carbonyl (C=O) groups excluding carboxylic acids is 4. The van der Waals surface area contributed by atoms with Crippen molar-refractivity contribution in [2.24, 2.45) is 32.9 Å². The van der Waals surface area contributed by atoms with Gasteiger partial charge in [0.25, 0.3) is 0 Å². The Balaban J connectivity index is 1.61. The minimum absolute atomic E-state index is 0.00140. The van der Waals surface area contributed by atoms with Crippen molar-refractivity contribution < 1.29 is 19.2 Å². The Bertz CT molecular complexity index is 1280. The summed E-state index contributed by atoms with van der Waals surface area (Å²) in [5.41, 5.74) is 23.4. The Labute approximate surface area is 308 Å². The molecule has 4 amide bonds. The SMILES string of the molecule is NC(N)=NCCC[C@H](NC(=O)Cc1ccccc1)C(=O)NCCCCCCCCCCNC(=O)[C@H](CCCN=C(N)N)NC(=O)Cc1ccccc1. The third-order valence-electron chi connectivity index (χ3n) is 8.31. The predicted octanol–water partition coefficient (Wildman–Crippen LogP) is 1.90. The first-order valence-corrected chi connectivity index (χ1v) is 18.5. The van der Waals surface area contributed by atoms with E-state index in [1.54, 1.807) is 0 Å². The van der Waals surface area contributed by atoms with Crippen LogP contribution in [0.2, 0.25) is 0 Å². The number of guanidine groups is 2. The largest absolute Gasteiger partial charge is 0.370 e. The second-order valence-corrected chi connectivity index (χ2v) is 12.9. The van der Waals surface area contributed by atoms with Crippen molar-refractivity contribution in [3.8, 4) is 0 Å². The quantitative estimate of drug-likeness (QED) is 0.0384. The summed E-state index contributed by atoms with van der Waals surface area (Å²) < 4.78 is 0. The van der Waals surface area contributed by atoms with E-state index >= 15 is 0 Å². The molecule has 0 unspecified atom stereocenters. The molecule has 2 rings (SSSR count). The lowest BCUT2D eigenvalue weighted by molar-refractivity contribution is -0.128. The van der Waals surface area contributed by atoms with Gasteiger partial charge in [0.2, 0.25) is 23.6 Å². The van der Waals surface area contributed by atoms with E-state index < -0.39 is 12.1 Å². The van der Waals surface area contributed by atoms with Gasteiger partial charge in [-0.05, 0) is 49.7 Å². The normalized spacial score (nSPS) is 11.8. The van der Waals surface area contributed by atoms with E-state index in [0.29, 0.717) is 51.9 Å². The molecule has 0 aliphatic carbocycles. The number of aliphatic imine (C=N–C) groups is 2. The van der Waals surface area contributed by atoms with Crippen molar-refractivity contribution in [1.82, 2.24) is 21.3 Å². The van der Waals surface area contributed by atoms with Crippen LogP contribution in [0.15, 0.2) is 70.6 Å². The van der Waals surface area contributed by atoms with Gasteiger partial charge in [-0.3, -0.25) is 29.2 Å². The zero-order valence-corrected chi connectivity index (χ0v) is 30.5. The predicted molar refractivity (Wildman–Crippen MR) is 207 cm³/mol. The van der Waals surface area contributed by atoms with Crippen LogP contribution >= 0.6 is 0 Å². The number of rotatable bonds is 27. The third-order valence-corrected chi connectivity index (χ3v) is 8.31. The molecular formula is C38H60N10O4. The molecule has 0 aromatic heterocycles. The maximum absolute atomic E-state index is 12.9.